The van der Waals surface area contributed by atoms with Crippen LogP contribution in [0.4, 0.5) is 5.82 Å². The summed E-state index contributed by atoms with van der Waals surface area (Å²) in [7, 11) is -9.54. The second-order valence-electron chi connectivity index (χ2n) is 10.9. The highest BCUT2D eigenvalue weighted by Gasteiger charge is 2.45. The Morgan fingerprint density at radius 3 is 1.88 bits per heavy atom. The van der Waals surface area contributed by atoms with Crippen molar-refractivity contribution in [2.45, 2.75) is 79.6 Å². The lowest BCUT2D eigenvalue weighted by Crippen LogP contribution is -2.36. The van der Waals surface area contributed by atoms with Gasteiger partial charge in [-0.2, -0.15) is 4.98 Å². The average Bonchev–Trinajstić information content (AvgIpc) is 3.32. The molecule has 0 aliphatic carbocycles. The molecule has 1 aliphatic heterocycles. The third-order valence-electron chi connectivity index (χ3n) is 7.48. The second kappa shape index (κ2) is 21.9. The molecule has 0 spiro atoms. The molecular weight excluding hydrogens is 668 g/mol. The number of aliphatic hydroxyl groups is 2. The fraction of sp³-hybridized carbons (Fsp3) is 0.667. The number of nitrogens with one attached hydrogen (secondary N) is 1. The summed E-state index contributed by atoms with van der Waals surface area (Å²) in [5, 5.41) is 20.5. The molecule has 0 saturated carbocycles. The van der Waals surface area contributed by atoms with Crippen LogP contribution in [-0.2, 0) is 29.8 Å². The molecule has 1 aliphatic rings. The van der Waals surface area contributed by atoms with Gasteiger partial charge < -0.3 is 44.0 Å². The van der Waals surface area contributed by atoms with Crippen molar-refractivity contribution in [1.29, 1.82) is 0 Å². The van der Waals surface area contributed by atoms with E-state index in [0.29, 0.717) is 5.56 Å². The molecular formula is C30H55N5O11P2. The second-order valence-corrected chi connectivity index (χ2v) is 14.9. The SMILES string of the molecule is CCN(CC)CC.CCN(CC)CC.Cc1cn([C@@H]2O[C@H](COP(=O)(O)CP(=O)(O)O)[C@@H](O)[C@H]2O)c(=O)nc1NOCc1ccccc1. The van der Waals surface area contributed by atoms with Crippen molar-refractivity contribution in [3.8, 4) is 0 Å². The van der Waals surface area contributed by atoms with Crippen LogP contribution in [0.2, 0.25) is 0 Å². The predicted molar refractivity (Wildman–Crippen MR) is 184 cm³/mol. The van der Waals surface area contributed by atoms with Crippen molar-refractivity contribution in [3.05, 3.63) is 58.1 Å². The summed E-state index contributed by atoms with van der Waals surface area (Å²) in [6, 6.07) is 9.26. The van der Waals surface area contributed by atoms with Crippen LogP contribution in [-0.4, -0.2) is 114 Å². The van der Waals surface area contributed by atoms with Gasteiger partial charge >= 0.3 is 20.9 Å². The minimum absolute atomic E-state index is 0.128. The third kappa shape index (κ3) is 15.7. The van der Waals surface area contributed by atoms with Gasteiger partial charge in [-0.25, -0.2) is 10.3 Å². The lowest BCUT2D eigenvalue weighted by Gasteiger charge is -2.19. The maximum atomic E-state index is 12.5. The molecule has 2 heterocycles. The van der Waals surface area contributed by atoms with E-state index in [4.69, 9.17) is 19.4 Å². The average molecular weight is 724 g/mol. The number of nitrogens with zero attached hydrogens (tertiary/aromatic N) is 4. The van der Waals surface area contributed by atoms with Gasteiger partial charge in [0.05, 0.1) is 13.2 Å². The van der Waals surface area contributed by atoms with E-state index in [2.05, 4.69) is 66.3 Å². The van der Waals surface area contributed by atoms with Crippen molar-refractivity contribution in [2.24, 2.45) is 0 Å². The molecule has 1 saturated heterocycles. The summed E-state index contributed by atoms with van der Waals surface area (Å²) < 4.78 is 33.7. The molecule has 3 rings (SSSR count). The van der Waals surface area contributed by atoms with Gasteiger partial charge in [-0.3, -0.25) is 18.5 Å². The normalized spacial score (nSPS) is 20.5. The molecule has 0 amide bonds. The van der Waals surface area contributed by atoms with Crippen molar-refractivity contribution >= 4 is 21.0 Å². The first-order chi connectivity index (χ1) is 22.6. The molecule has 1 aromatic carbocycles. The van der Waals surface area contributed by atoms with E-state index < -0.39 is 57.9 Å². The third-order valence-corrected chi connectivity index (χ3v) is 10.9. The Labute approximate surface area is 283 Å². The van der Waals surface area contributed by atoms with Crippen LogP contribution < -0.4 is 11.2 Å². The number of anilines is 1. The van der Waals surface area contributed by atoms with Crippen molar-refractivity contribution < 1.29 is 48.1 Å². The van der Waals surface area contributed by atoms with Gasteiger partial charge in [-0.15, -0.1) is 0 Å². The Bertz CT molecular complexity index is 1320. The highest BCUT2D eigenvalue weighted by atomic mass is 31.2. The van der Waals surface area contributed by atoms with E-state index in [1.165, 1.54) is 45.5 Å². The molecule has 276 valence electrons. The van der Waals surface area contributed by atoms with E-state index in [-0.39, 0.29) is 12.4 Å². The molecule has 1 fully saturated rings. The number of aryl methyl sites for hydroxylation is 1. The first-order valence-electron chi connectivity index (χ1n) is 16.0. The molecule has 48 heavy (non-hydrogen) atoms. The molecule has 16 nitrogen and oxygen atoms in total. The first kappa shape index (κ1) is 44.0. The summed E-state index contributed by atoms with van der Waals surface area (Å²) >= 11 is 0. The van der Waals surface area contributed by atoms with E-state index >= 15 is 0 Å². The van der Waals surface area contributed by atoms with Crippen LogP contribution in [0.3, 0.4) is 0 Å². The zero-order valence-electron chi connectivity index (χ0n) is 29.0. The van der Waals surface area contributed by atoms with Crippen LogP contribution in [0, 0.1) is 6.92 Å². The molecule has 5 atom stereocenters. The zero-order chi connectivity index (χ0) is 36.5. The molecule has 0 bridgehead atoms. The number of rotatable bonds is 16. The van der Waals surface area contributed by atoms with Gasteiger partial charge in [0.1, 0.15) is 18.3 Å². The molecule has 0 radical (unpaired) electrons. The van der Waals surface area contributed by atoms with E-state index in [1.54, 1.807) is 6.92 Å². The molecule has 18 heteroatoms. The number of hydrogen-bond acceptors (Lipinski definition) is 12. The van der Waals surface area contributed by atoms with Gasteiger partial charge in [0.25, 0.3) is 0 Å². The molecule has 1 unspecified atom stereocenters. The molecule has 2 aromatic rings. The summed E-state index contributed by atoms with van der Waals surface area (Å²) in [5.41, 5.74) is 3.07. The Hall–Kier alpha value is -2.04. The number of benzene rings is 1. The minimum atomic E-state index is -4.84. The monoisotopic (exact) mass is 723 g/mol. The van der Waals surface area contributed by atoms with Crippen molar-refractivity contribution in [2.75, 3.05) is 57.3 Å². The number of hydrogen-bond donors (Lipinski definition) is 6. The summed E-state index contributed by atoms with van der Waals surface area (Å²) in [5.74, 6) is -1.29. The van der Waals surface area contributed by atoms with Gasteiger partial charge in [-0.1, -0.05) is 71.9 Å². The standard InChI is InChI=1S/C18H25N3O11P2.2C6H15N/c1-11-7-21(18(24)19-16(11)20-30-8-12-5-3-2-4-6-12)17-15(23)14(22)13(32-17)9-31-34(28,29)10-33(25,26)27;2*1-4-7(5-2)6-3/h2-7,13-15,17,22-23H,8-10H2,1H3,(H,28,29)(H,19,20,24)(H2,25,26,27);2*4-6H2,1-3H3/t13-,14-,15-,17-;;/m1../s1. The Kier molecular flexibility index (Phi) is 20.1. The van der Waals surface area contributed by atoms with Crippen LogP contribution >= 0.6 is 15.2 Å². The van der Waals surface area contributed by atoms with E-state index in [1.807, 2.05) is 30.3 Å². The van der Waals surface area contributed by atoms with Crippen LogP contribution in [0.1, 0.15) is 58.9 Å². The number of ether oxygens (including phenoxy) is 1. The van der Waals surface area contributed by atoms with Crippen LogP contribution in [0.5, 0.6) is 0 Å². The Morgan fingerprint density at radius 2 is 1.42 bits per heavy atom. The van der Waals surface area contributed by atoms with Crippen molar-refractivity contribution in [3.63, 3.8) is 0 Å². The summed E-state index contributed by atoms with van der Waals surface area (Å²) in [6.07, 6.45) is -4.70. The van der Waals surface area contributed by atoms with Gasteiger partial charge in [-0.05, 0) is 51.8 Å². The van der Waals surface area contributed by atoms with Gasteiger partial charge in [0.2, 0.25) is 0 Å². The lowest BCUT2D eigenvalue weighted by molar-refractivity contribution is -0.0524. The smallest absolute Gasteiger partial charge is 0.351 e. The number of aliphatic hydroxyl groups excluding tert-OH is 2. The van der Waals surface area contributed by atoms with Crippen LogP contribution in [0.25, 0.3) is 0 Å². The first-order valence-corrected chi connectivity index (χ1v) is 19.6. The Morgan fingerprint density at radius 1 is 0.896 bits per heavy atom. The topological polar surface area (TPSA) is 216 Å². The summed E-state index contributed by atoms with van der Waals surface area (Å²) in [4.78, 5) is 53.7. The largest absolute Gasteiger partial charge is 0.387 e. The van der Waals surface area contributed by atoms with Gasteiger partial charge in [0, 0.05) is 11.8 Å². The molecule has 6 N–H and O–H groups in total. The predicted octanol–water partition coefficient (Wildman–Crippen LogP) is 2.75. The Balaban J connectivity index is 0.000000687. The minimum Gasteiger partial charge on any atom is -0.387 e. The van der Waals surface area contributed by atoms with Gasteiger partial charge in [0.15, 0.2) is 17.9 Å². The van der Waals surface area contributed by atoms with E-state index in [0.717, 1.165) is 10.1 Å². The zero-order valence-corrected chi connectivity index (χ0v) is 30.8. The quantitative estimate of drug-likeness (QED) is 0.108. The summed E-state index contributed by atoms with van der Waals surface area (Å²) in [6.45, 7) is 21.3. The maximum absolute atomic E-state index is 12.5. The highest BCUT2D eigenvalue weighted by molar-refractivity contribution is 7.70. The maximum Gasteiger partial charge on any atom is 0.351 e. The number of aromatic nitrogens is 2. The fourth-order valence-electron chi connectivity index (χ4n) is 4.52. The molecule has 1 aromatic heterocycles. The fourth-order valence-corrected chi connectivity index (χ4v) is 7.08. The van der Waals surface area contributed by atoms with Crippen LogP contribution in [0.15, 0.2) is 41.3 Å². The lowest BCUT2D eigenvalue weighted by atomic mass is 10.1. The van der Waals surface area contributed by atoms with E-state index in [9.17, 15) is 29.0 Å². The highest BCUT2D eigenvalue weighted by Crippen LogP contribution is 2.55. The van der Waals surface area contributed by atoms with Crippen molar-refractivity contribution in [1.82, 2.24) is 19.4 Å².